The Morgan fingerprint density at radius 2 is 1.63 bits per heavy atom. The molecule has 1 N–H and O–H groups in total. The average molecular weight is 513 g/mol. The summed E-state index contributed by atoms with van der Waals surface area (Å²) in [4.78, 5) is 2.33. The highest BCUT2D eigenvalue weighted by Crippen LogP contribution is 2.39. The van der Waals surface area contributed by atoms with Crippen molar-refractivity contribution in [1.82, 2.24) is 4.31 Å². The Hall–Kier alpha value is -2.14. The monoisotopic (exact) mass is 512 g/mol. The minimum Gasteiger partial charge on any atom is -0.381 e. The number of aliphatic hydroxyl groups is 1. The Labute approximate surface area is 204 Å². The van der Waals surface area contributed by atoms with Crippen LogP contribution in [0.4, 0.5) is 18.9 Å². The van der Waals surface area contributed by atoms with Crippen molar-refractivity contribution in [3.05, 3.63) is 60.2 Å². The lowest BCUT2D eigenvalue weighted by molar-refractivity contribution is -0.258. The number of alkyl halides is 3. The molecule has 2 aliphatic rings. The third kappa shape index (κ3) is 5.50. The van der Waals surface area contributed by atoms with Gasteiger partial charge in [0.1, 0.15) is 0 Å². The maximum Gasteiger partial charge on any atom is 0.421 e. The van der Waals surface area contributed by atoms with Gasteiger partial charge < -0.3 is 14.7 Å². The summed E-state index contributed by atoms with van der Waals surface area (Å²) in [6, 6.07) is 13.9. The van der Waals surface area contributed by atoms with Crippen molar-refractivity contribution < 1.29 is 31.4 Å². The van der Waals surface area contributed by atoms with E-state index < -0.39 is 21.8 Å². The normalized spacial score (nSPS) is 22.7. The molecule has 0 saturated carbocycles. The van der Waals surface area contributed by atoms with Crippen LogP contribution in [0.5, 0.6) is 0 Å². The zero-order valence-electron chi connectivity index (χ0n) is 19.6. The van der Waals surface area contributed by atoms with Crippen LogP contribution < -0.4 is 4.90 Å². The van der Waals surface area contributed by atoms with Crippen LogP contribution in [-0.2, 0) is 20.4 Å². The molecule has 2 aromatic rings. The predicted octanol–water partition coefficient (Wildman–Crippen LogP) is 4.15. The molecule has 0 aromatic heterocycles. The summed E-state index contributed by atoms with van der Waals surface area (Å²) in [5.74, 6) is 0.376. The molecule has 2 fully saturated rings. The van der Waals surface area contributed by atoms with E-state index in [1.54, 1.807) is 42.5 Å². The number of rotatable bonds is 6. The fourth-order valence-corrected chi connectivity index (χ4v) is 6.33. The fraction of sp³-hybridized carbons (Fsp3) is 0.520. The summed E-state index contributed by atoms with van der Waals surface area (Å²) in [6.45, 7) is 3.05. The van der Waals surface area contributed by atoms with Crippen LogP contribution >= 0.6 is 0 Å². The molecule has 2 aliphatic heterocycles. The van der Waals surface area contributed by atoms with Gasteiger partial charge >= 0.3 is 6.18 Å². The number of piperazine rings is 1. The first-order valence-electron chi connectivity index (χ1n) is 11.8. The molecule has 0 aliphatic carbocycles. The highest BCUT2D eigenvalue weighted by Gasteiger charge is 2.51. The summed E-state index contributed by atoms with van der Waals surface area (Å²) in [6.07, 6.45) is -2.25. The van der Waals surface area contributed by atoms with Crippen LogP contribution in [0, 0.1) is 5.92 Å². The largest absolute Gasteiger partial charge is 0.421 e. The van der Waals surface area contributed by atoms with E-state index in [4.69, 9.17) is 4.74 Å². The van der Waals surface area contributed by atoms with Crippen LogP contribution in [0.15, 0.2) is 59.5 Å². The maximum absolute atomic E-state index is 13.3. The molecule has 0 spiro atoms. The lowest BCUT2D eigenvalue weighted by Gasteiger charge is -2.44. The molecule has 0 amide bonds. The summed E-state index contributed by atoms with van der Waals surface area (Å²) in [5.41, 5.74) is -2.48. The van der Waals surface area contributed by atoms with Gasteiger partial charge in [-0.15, -0.1) is 0 Å². The van der Waals surface area contributed by atoms with Crippen molar-refractivity contribution in [2.24, 2.45) is 5.92 Å². The lowest BCUT2D eigenvalue weighted by atomic mass is 9.90. The van der Waals surface area contributed by atoms with Gasteiger partial charge in [-0.1, -0.05) is 30.3 Å². The Morgan fingerprint density at radius 3 is 2.23 bits per heavy atom. The van der Waals surface area contributed by atoms with Crippen molar-refractivity contribution in [3.8, 4) is 0 Å². The van der Waals surface area contributed by atoms with Gasteiger partial charge in [-0.05, 0) is 61.9 Å². The van der Waals surface area contributed by atoms with Crippen LogP contribution in [0.25, 0.3) is 0 Å². The van der Waals surface area contributed by atoms with Gasteiger partial charge in [0.05, 0.1) is 4.90 Å². The first-order chi connectivity index (χ1) is 16.5. The molecule has 2 saturated heterocycles. The van der Waals surface area contributed by atoms with E-state index in [1.165, 1.54) is 16.4 Å². The van der Waals surface area contributed by atoms with Crippen LogP contribution in [-0.4, -0.2) is 62.9 Å². The molecule has 2 aromatic carbocycles. The van der Waals surface area contributed by atoms with Gasteiger partial charge in [0.25, 0.3) is 0 Å². The van der Waals surface area contributed by atoms with Gasteiger partial charge in [-0.25, -0.2) is 8.42 Å². The second kappa shape index (κ2) is 10.1. The van der Waals surface area contributed by atoms with Gasteiger partial charge in [0.2, 0.25) is 10.0 Å². The van der Waals surface area contributed by atoms with Gasteiger partial charge in [-0.2, -0.15) is 17.5 Å². The molecule has 6 nitrogen and oxygen atoms in total. The molecular weight excluding hydrogens is 481 g/mol. The summed E-state index contributed by atoms with van der Waals surface area (Å²) >= 11 is 0. The van der Waals surface area contributed by atoms with E-state index in [0.29, 0.717) is 31.4 Å². The second-order valence-corrected chi connectivity index (χ2v) is 11.4. The van der Waals surface area contributed by atoms with Gasteiger partial charge in [0.15, 0.2) is 5.60 Å². The SMILES string of the molecule is CC(O)(c1ccc(N2CCN(S(=O)(=O)c3ccccc3)C[C@H]2CC2CCOCC2)cc1)C(F)(F)F. The van der Waals surface area contributed by atoms with E-state index in [0.717, 1.165) is 26.2 Å². The number of hydrogen-bond donors (Lipinski definition) is 1. The molecule has 1 unspecified atom stereocenters. The molecule has 2 heterocycles. The van der Waals surface area contributed by atoms with E-state index in [1.807, 2.05) is 0 Å². The molecule has 4 rings (SSSR count). The number of nitrogens with zero attached hydrogens (tertiary/aromatic N) is 2. The number of ether oxygens (including phenoxy) is 1. The van der Waals surface area contributed by atoms with Crippen LogP contribution in [0.3, 0.4) is 0 Å². The zero-order valence-corrected chi connectivity index (χ0v) is 20.4. The lowest BCUT2D eigenvalue weighted by Crippen LogP contribution is -2.55. The standard InChI is InChI=1S/C25H31F3N2O4S/c1-24(31,25(26,27)28)20-7-9-21(10-8-20)30-14-13-29(35(32,33)23-5-3-2-4-6-23)18-22(30)17-19-11-15-34-16-12-19/h2-10,19,22,31H,11-18H2,1H3/t22-,24?/m1/s1. The first-order valence-corrected chi connectivity index (χ1v) is 13.2. The Balaban J connectivity index is 1.59. The highest BCUT2D eigenvalue weighted by atomic mass is 32.2. The predicted molar refractivity (Wildman–Crippen MR) is 127 cm³/mol. The Morgan fingerprint density at radius 1 is 1.00 bits per heavy atom. The highest BCUT2D eigenvalue weighted by molar-refractivity contribution is 7.89. The van der Waals surface area contributed by atoms with E-state index in [9.17, 15) is 26.7 Å². The molecule has 0 radical (unpaired) electrons. The summed E-state index contributed by atoms with van der Waals surface area (Å²) in [5, 5.41) is 10.0. The van der Waals surface area contributed by atoms with E-state index in [2.05, 4.69) is 4.90 Å². The molecule has 0 bridgehead atoms. The van der Waals surface area contributed by atoms with Crippen LogP contribution in [0.1, 0.15) is 31.7 Å². The summed E-state index contributed by atoms with van der Waals surface area (Å²) in [7, 11) is -3.66. The van der Waals surface area contributed by atoms with Gasteiger partial charge in [-0.3, -0.25) is 0 Å². The number of benzene rings is 2. The smallest absolute Gasteiger partial charge is 0.381 e. The van der Waals surface area contributed by atoms with Crippen molar-refractivity contribution >= 4 is 15.7 Å². The van der Waals surface area contributed by atoms with Gasteiger partial charge in [0, 0.05) is 44.6 Å². The number of sulfonamides is 1. The fourth-order valence-electron chi connectivity index (χ4n) is 4.84. The first kappa shape index (κ1) is 25.9. The Kier molecular flexibility index (Phi) is 7.47. The van der Waals surface area contributed by atoms with Crippen LogP contribution in [0.2, 0.25) is 0 Å². The average Bonchev–Trinajstić information content (AvgIpc) is 2.84. The third-order valence-corrected chi connectivity index (χ3v) is 8.97. The van der Waals surface area contributed by atoms with E-state index in [-0.39, 0.29) is 29.6 Å². The van der Waals surface area contributed by atoms with E-state index >= 15 is 0 Å². The zero-order chi connectivity index (χ0) is 25.3. The van der Waals surface area contributed by atoms with Crippen molar-refractivity contribution in [2.45, 2.75) is 48.9 Å². The molecule has 35 heavy (non-hydrogen) atoms. The summed E-state index contributed by atoms with van der Waals surface area (Å²) < 4.78 is 73.3. The maximum atomic E-state index is 13.3. The quantitative estimate of drug-likeness (QED) is 0.630. The minimum atomic E-state index is -4.79. The minimum absolute atomic E-state index is 0.140. The molecule has 10 heteroatoms. The number of anilines is 1. The molecule has 192 valence electrons. The third-order valence-electron chi connectivity index (χ3n) is 7.09. The molecular formula is C25H31F3N2O4S. The molecule has 2 atom stereocenters. The number of halogens is 3. The van der Waals surface area contributed by atoms with Crippen molar-refractivity contribution in [1.29, 1.82) is 0 Å². The topological polar surface area (TPSA) is 70.1 Å². The second-order valence-electron chi connectivity index (χ2n) is 9.43. The van der Waals surface area contributed by atoms with Crippen molar-refractivity contribution in [2.75, 3.05) is 37.7 Å². The van der Waals surface area contributed by atoms with Crippen molar-refractivity contribution in [3.63, 3.8) is 0 Å². The number of hydrogen-bond acceptors (Lipinski definition) is 5. The Bertz CT molecular complexity index is 1090.